The Morgan fingerprint density at radius 1 is 1.17 bits per heavy atom. The van der Waals surface area contributed by atoms with Crippen molar-refractivity contribution in [2.75, 3.05) is 0 Å². The van der Waals surface area contributed by atoms with Crippen molar-refractivity contribution in [3.05, 3.63) is 59.9 Å². The Labute approximate surface area is 158 Å². The Kier molecular flexibility index (Phi) is 8.53. The van der Waals surface area contributed by atoms with Crippen LogP contribution in [0.5, 0.6) is 0 Å². The van der Waals surface area contributed by atoms with Gasteiger partial charge in [0.2, 0.25) is 0 Å². The van der Waals surface area contributed by atoms with Gasteiger partial charge in [0.15, 0.2) is 0 Å². The zero-order valence-corrected chi connectivity index (χ0v) is 17.6. The van der Waals surface area contributed by atoms with Gasteiger partial charge in [-0.1, -0.05) is 26.0 Å². The smallest absolute Gasteiger partial charge is 0.316 e. The van der Waals surface area contributed by atoms with Gasteiger partial charge in [-0.3, -0.25) is 4.79 Å². The molecule has 1 aliphatic rings. The van der Waals surface area contributed by atoms with Gasteiger partial charge in [0, 0.05) is 20.1 Å². The van der Waals surface area contributed by atoms with E-state index in [1.54, 1.807) is 0 Å². The first-order valence-electron chi connectivity index (χ1n) is 7.71. The van der Waals surface area contributed by atoms with E-state index in [1.807, 2.05) is 18.2 Å². The number of allylic oxidation sites excluding steroid dienone is 3. The molecule has 0 spiro atoms. The summed E-state index contributed by atoms with van der Waals surface area (Å²) in [7, 11) is 0. The Morgan fingerprint density at radius 3 is 2.21 bits per heavy atom. The minimum absolute atomic E-state index is 0. The van der Waals surface area contributed by atoms with E-state index in [1.165, 1.54) is 19.9 Å². The summed E-state index contributed by atoms with van der Waals surface area (Å²) < 4.78 is 0. The number of benzene rings is 1. The molecule has 2 N–H and O–H groups in total. The number of ketones is 1. The predicted octanol–water partition coefficient (Wildman–Crippen LogP) is 4.66. The molecule has 1 heterocycles. The minimum Gasteiger partial charge on any atom is -0.512 e. The summed E-state index contributed by atoms with van der Waals surface area (Å²) in [5, 5.41) is 8.40. The maximum absolute atomic E-state index is 8.40. The van der Waals surface area contributed by atoms with Crippen LogP contribution in [0.1, 0.15) is 47.1 Å². The monoisotopic (exact) mass is 506 g/mol. The first-order valence-corrected chi connectivity index (χ1v) is 7.71. The van der Waals surface area contributed by atoms with Crippen molar-refractivity contribution in [2.45, 2.75) is 47.1 Å². The average Bonchev–Trinajstić information content (AvgIpc) is 2.42. The molecule has 0 amide bonds. The summed E-state index contributed by atoms with van der Waals surface area (Å²) >= 11 is 0. The van der Waals surface area contributed by atoms with Crippen molar-refractivity contribution in [2.24, 2.45) is 10.4 Å². The molecule has 0 aromatic heterocycles. The molecular formula is C20H27IrNO2. The quantitative estimate of drug-likeness (QED) is 0.205. The number of hydrogen-bond acceptors (Lipinski definition) is 2. The SMILES string of the molecule is CC(=[OH+])/C=C(/C)O.CC1(C)C=CC(C)(C)C(c2[c-]cccc2)=N1.[Ir]. The molecule has 1 aliphatic heterocycles. The maximum atomic E-state index is 8.40. The summed E-state index contributed by atoms with van der Waals surface area (Å²) in [6.45, 7) is 11.6. The maximum Gasteiger partial charge on any atom is 0.316 e. The molecule has 133 valence electrons. The van der Waals surface area contributed by atoms with Crippen LogP contribution in [0.2, 0.25) is 0 Å². The van der Waals surface area contributed by atoms with Gasteiger partial charge in [0.05, 0.1) is 24.3 Å². The Morgan fingerprint density at radius 2 is 1.79 bits per heavy atom. The number of nitrogens with zero attached hydrogens (tertiary/aromatic N) is 1. The van der Waals surface area contributed by atoms with Gasteiger partial charge in [0.1, 0.15) is 0 Å². The topological polar surface area (TPSA) is 54.0 Å². The molecule has 0 bridgehead atoms. The van der Waals surface area contributed by atoms with Crippen LogP contribution in [-0.4, -0.2) is 26.9 Å². The zero-order chi connectivity index (χ0) is 17.7. The minimum atomic E-state index is -0.103. The summed E-state index contributed by atoms with van der Waals surface area (Å²) in [5.74, 6) is 0.250. The molecule has 1 radical (unpaired) electrons. The molecule has 1 aromatic rings. The number of aliphatic hydroxyl groups is 1. The molecule has 0 fully saturated rings. The van der Waals surface area contributed by atoms with Crippen LogP contribution < -0.4 is 0 Å². The molecule has 1 aromatic carbocycles. The van der Waals surface area contributed by atoms with Gasteiger partial charge in [-0.05, 0) is 31.9 Å². The second-order valence-corrected chi connectivity index (χ2v) is 6.87. The van der Waals surface area contributed by atoms with E-state index in [9.17, 15) is 0 Å². The predicted molar refractivity (Wildman–Crippen MR) is 97.8 cm³/mol. The Bertz CT molecular complexity index is 637. The van der Waals surface area contributed by atoms with E-state index in [-0.39, 0.29) is 42.6 Å². The van der Waals surface area contributed by atoms with Crippen LogP contribution in [0.25, 0.3) is 0 Å². The number of aliphatic imine (C=N–C) groups is 1. The van der Waals surface area contributed by atoms with E-state index in [2.05, 4.69) is 52.0 Å². The fraction of sp³-hybridized carbons (Fsp3) is 0.400. The van der Waals surface area contributed by atoms with Crippen LogP contribution in [-0.2, 0) is 20.1 Å². The first kappa shape index (κ1) is 22.5. The Balaban J connectivity index is 0.000000570. The van der Waals surface area contributed by atoms with E-state index in [0.29, 0.717) is 0 Å². The zero-order valence-electron chi connectivity index (χ0n) is 15.2. The molecule has 24 heavy (non-hydrogen) atoms. The molecule has 0 saturated carbocycles. The molecule has 0 saturated heterocycles. The third kappa shape index (κ3) is 7.37. The third-order valence-electron chi connectivity index (χ3n) is 3.30. The number of aliphatic hydroxyl groups excluding tert-OH is 1. The van der Waals surface area contributed by atoms with Gasteiger partial charge >= 0.3 is 5.78 Å². The van der Waals surface area contributed by atoms with Crippen LogP contribution >= 0.6 is 0 Å². The molecule has 0 aliphatic carbocycles. The summed E-state index contributed by atoms with van der Waals surface area (Å²) in [5.41, 5.74) is 2.12. The van der Waals surface area contributed by atoms with Gasteiger partial charge in [-0.15, -0.1) is 35.9 Å². The van der Waals surface area contributed by atoms with Crippen molar-refractivity contribution in [3.63, 3.8) is 0 Å². The summed E-state index contributed by atoms with van der Waals surface area (Å²) in [4.78, 5) is 13.2. The third-order valence-corrected chi connectivity index (χ3v) is 3.30. The van der Waals surface area contributed by atoms with Crippen LogP contribution in [0.15, 0.2) is 53.2 Å². The number of dihydropyridines is 1. The Hall–Kier alpha value is -1.51. The largest absolute Gasteiger partial charge is 0.512 e. The second kappa shape index (κ2) is 9.10. The van der Waals surface area contributed by atoms with E-state index in [0.717, 1.165) is 11.3 Å². The van der Waals surface area contributed by atoms with Crippen LogP contribution in [0, 0.1) is 11.5 Å². The van der Waals surface area contributed by atoms with Gasteiger partial charge in [-0.25, -0.2) is 0 Å². The molecule has 2 rings (SSSR count). The summed E-state index contributed by atoms with van der Waals surface area (Å²) in [6.07, 6.45) is 5.70. The normalized spacial score (nSPS) is 17.8. The molecule has 0 atom stereocenters. The van der Waals surface area contributed by atoms with Gasteiger partial charge in [-0.2, -0.15) is 0 Å². The van der Waals surface area contributed by atoms with Crippen molar-refractivity contribution in [3.8, 4) is 0 Å². The van der Waals surface area contributed by atoms with Crippen molar-refractivity contribution in [1.82, 2.24) is 0 Å². The molecular weight excluding hydrogens is 478 g/mol. The summed E-state index contributed by atoms with van der Waals surface area (Å²) in [6, 6.07) is 11.3. The van der Waals surface area contributed by atoms with Crippen LogP contribution in [0.3, 0.4) is 0 Å². The molecule has 3 nitrogen and oxygen atoms in total. The van der Waals surface area contributed by atoms with Gasteiger partial charge in [0.25, 0.3) is 0 Å². The number of carbonyl (C=O) groups excluding carboxylic acids is 1. The fourth-order valence-corrected chi connectivity index (χ4v) is 2.21. The second-order valence-electron chi connectivity index (χ2n) is 6.87. The van der Waals surface area contributed by atoms with Crippen molar-refractivity contribution >= 4 is 11.5 Å². The van der Waals surface area contributed by atoms with E-state index < -0.39 is 0 Å². The molecule has 4 heteroatoms. The fourth-order valence-electron chi connectivity index (χ4n) is 2.21. The van der Waals surface area contributed by atoms with Gasteiger partial charge < -0.3 is 10.1 Å². The molecule has 0 unspecified atom stereocenters. The van der Waals surface area contributed by atoms with Crippen LogP contribution in [0.4, 0.5) is 0 Å². The number of hydrogen-bond donors (Lipinski definition) is 1. The van der Waals surface area contributed by atoms with Crippen molar-refractivity contribution in [1.29, 1.82) is 0 Å². The van der Waals surface area contributed by atoms with E-state index in [4.69, 9.17) is 14.9 Å². The first-order chi connectivity index (χ1) is 10.5. The number of rotatable bonds is 2. The standard InChI is InChI=1S/C15H18N.C5H8O2.Ir/c1-14(2)10-11-15(3,4)16-13(14)12-8-6-5-7-9-12;1-4(6)3-5(2)7;/h5-8,10-11H,1-4H3;3,6H,1-2H3;/q-1;;/p+1/b;4-3-;. The average molecular weight is 506 g/mol. The van der Waals surface area contributed by atoms with E-state index >= 15 is 0 Å². The van der Waals surface area contributed by atoms with Crippen molar-refractivity contribution < 1.29 is 30.0 Å².